The summed E-state index contributed by atoms with van der Waals surface area (Å²) >= 11 is 0. The van der Waals surface area contributed by atoms with Crippen molar-refractivity contribution in [2.45, 2.75) is 13.0 Å². The zero-order valence-corrected chi connectivity index (χ0v) is 16.8. The molecule has 2 amide bonds. The van der Waals surface area contributed by atoms with E-state index in [-0.39, 0.29) is 17.8 Å². The standard InChI is InChI=1S/C21H20F3N5O2/c1-13(12-31-2)26-20-25-11-10-17(28-20)29(14-6-4-3-5-7-14)21(30)27-16-9-8-15(22)18(23)19(16)24/h3-11,13H,12H2,1-2H3,(H,27,30)(H,25,26,28). The predicted molar refractivity (Wildman–Crippen MR) is 111 cm³/mol. The number of urea groups is 1. The Morgan fingerprint density at radius 2 is 1.84 bits per heavy atom. The fourth-order valence-corrected chi connectivity index (χ4v) is 2.78. The van der Waals surface area contributed by atoms with Gasteiger partial charge in [-0.2, -0.15) is 4.98 Å². The molecule has 7 nitrogen and oxygen atoms in total. The number of halogens is 3. The van der Waals surface area contributed by atoms with Gasteiger partial charge in [-0.3, -0.25) is 0 Å². The maximum Gasteiger partial charge on any atom is 0.332 e. The number of anilines is 4. The molecule has 0 aliphatic carbocycles. The van der Waals surface area contributed by atoms with Gasteiger partial charge < -0.3 is 15.4 Å². The van der Waals surface area contributed by atoms with Crippen LogP contribution in [0.1, 0.15) is 6.92 Å². The summed E-state index contributed by atoms with van der Waals surface area (Å²) in [5.41, 5.74) is -0.0939. The second kappa shape index (κ2) is 9.90. The van der Waals surface area contributed by atoms with Crippen LogP contribution in [-0.2, 0) is 4.74 Å². The average molecular weight is 431 g/mol. The zero-order valence-electron chi connectivity index (χ0n) is 16.8. The number of aromatic nitrogens is 2. The van der Waals surface area contributed by atoms with Gasteiger partial charge in [-0.1, -0.05) is 18.2 Å². The molecule has 10 heteroatoms. The number of nitrogens with one attached hydrogen (secondary N) is 2. The Hall–Kier alpha value is -3.66. The number of rotatable bonds is 7. The van der Waals surface area contributed by atoms with E-state index in [1.165, 1.54) is 12.3 Å². The Balaban J connectivity index is 1.95. The largest absolute Gasteiger partial charge is 0.383 e. The topological polar surface area (TPSA) is 79.4 Å². The summed E-state index contributed by atoms with van der Waals surface area (Å²) in [6.45, 7) is 2.28. The quantitative estimate of drug-likeness (QED) is 0.530. The van der Waals surface area contributed by atoms with E-state index in [1.54, 1.807) is 37.4 Å². The number of hydrogen-bond acceptors (Lipinski definition) is 5. The van der Waals surface area contributed by atoms with Crippen LogP contribution in [0.15, 0.2) is 54.7 Å². The molecule has 1 aromatic heterocycles. The van der Waals surface area contributed by atoms with Gasteiger partial charge in [0.25, 0.3) is 0 Å². The van der Waals surface area contributed by atoms with Crippen molar-refractivity contribution < 1.29 is 22.7 Å². The normalized spacial score (nSPS) is 11.6. The van der Waals surface area contributed by atoms with Crippen molar-refractivity contribution in [1.29, 1.82) is 0 Å². The molecule has 0 spiro atoms. The van der Waals surface area contributed by atoms with Gasteiger partial charge in [-0.05, 0) is 31.2 Å². The highest BCUT2D eigenvalue weighted by molar-refractivity contribution is 6.06. The van der Waals surface area contributed by atoms with Gasteiger partial charge in [0, 0.05) is 25.4 Å². The summed E-state index contributed by atoms with van der Waals surface area (Å²) in [6.07, 6.45) is 1.45. The SMILES string of the molecule is COCC(C)Nc1nccc(N(C(=O)Nc2ccc(F)c(F)c2F)c2ccccc2)n1. The van der Waals surface area contributed by atoms with Gasteiger partial charge in [0.05, 0.1) is 18.0 Å². The van der Waals surface area contributed by atoms with Crippen molar-refractivity contribution in [3.63, 3.8) is 0 Å². The van der Waals surface area contributed by atoms with Crippen molar-refractivity contribution in [2.75, 3.05) is 29.3 Å². The summed E-state index contributed by atoms with van der Waals surface area (Å²) < 4.78 is 45.9. The Morgan fingerprint density at radius 3 is 2.55 bits per heavy atom. The first-order chi connectivity index (χ1) is 14.9. The minimum Gasteiger partial charge on any atom is -0.383 e. The zero-order chi connectivity index (χ0) is 22.4. The first-order valence-corrected chi connectivity index (χ1v) is 9.29. The lowest BCUT2D eigenvalue weighted by Gasteiger charge is -2.23. The summed E-state index contributed by atoms with van der Waals surface area (Å²) in [4.78, 5) is 22.7. The van der Waals surface area contributed by atoms with Crippen LogP contribution < -0.4 is 15.5 Å². The fraction of sp³-hybridized carbons (Fsp3) is 0.190. The van der Waals surface area contributed by atoms with E-state index in [9.17, 15) is 18.0 Å². The first-order valence-electron chi connectivity index (χ1n) is 9.29. The third-order valence-corrected chi connectivity index (χ3v) is 4.16. The van der Waals surface area contributed by atoms with Gasteiger partial charge >= 0.3 is 6.03 Å². The average Bonchev–Trinajstić information content (AvgIpc) is 2.75. The van der Waals surface area contributed by atoms with Gasteiger partial charge in [0.2, 0.25) is 5.95 Å². The summed E-state index contributed by atoms with van der Waals surface area (Å²) in [6, 6.07) is 10.7. The molecule has 2 N–H and O–H groups in total. The molecule has 0 saturated carbocycles. The molecule has 0 aliphatic heterocycles. The smallest absolute Gasteiger partial charge is 0.332 e. The van der Waals surface area contributed by atoms with Crippen molar-refractivity contribution in [1.82, 2.24) is 9.97 Å². The molecular weight excluding hydrogens is 411 g/mol. The number of carbonyl (C=O) groups is 1. The highest BCUT2D eigenvalue weighted by Gasteiger charge is 2.23. The van der Waals surface area contributed by atoms with E-state index >= 15 is 0 Å². The number of carbonyl (C=O) groups excluding carboxylic acids is 1. The number of methoxy groups -OCH3 is 1. The summed E-state index contributed by atoms with van der Waals surface area (Å²) in [7, 11) is 1.56. The van der Waals surface area contributed by atoms with Gasteiger partial charge in [0.15, 0.2) is 17.5 Å². The number of amides is 2. The molecule has 3 aromatic rings. The molecule has 3 rings (SSSR count). The van der Waals surface area contributed by atoms with Crippen LogP contribution in [-0.4, -0.2) is 35.8 Å². The number of nitrogens with zero attached hydrogens (tertiary/aromatic N) is 3. The Bertz CT molecular complexity index is 1050. The monoisotopic (exact) mass is 431 g/mol. The molecular formula is C21H20F3N5O2. The van der Waals surface area contributed by atoms with E-state index in [4.69, 9.17) is 4.74 Å². The number of ether oxygens (including phenoxy) is 1. The highest BCUT2D eigenvalue weighted by Crippen LogP contribution is 2.27. The molecule has 162 valence electrons. The first kappa shape index (κ1) is 22.0. The van der Waals surface area contributed by atoms with E-state index in [1.807, 2.05) is 6.92 Å². The highest BCUT2D eigenvalue weighted by atomic mass is 19.2. The van der Waals surface area contributed by atoms with Crippen LogP contribution in [0.4, 0.5) is 41.1 Å². The third kappa shape index (κ3) is 5.28. The lowest BCUT2D eigenvalue weighted by Crippen LogP contribution is -2.32. The second-order valence-corrected chi connectivity index (χ2v) is 6.56. The molecule has 1 atom stereocenters. The van der Waals surface area contributed by atoms with E-state index in [0.717, 1.165) is 17.0 Å². The van der Waals surface area contributed by atoms with E-state index in [2.05, 4.69) is 20.6 Å². The van der Waals surface area contributed by atoms with Crippen LogP contribution in [0.2, 0.25) is 0 Å². The maximum absolute atomic E-state index is 14.1. The molecule has 1 unspecified atom stereocenters. The van der Waals surface area contributed by atoms with Gasteiger partial charge in [-0.15, -0.1) is 0 Å². The van der Waals surface area contributed by atoms with Crippen molar-refractivity contribution >= 4 is 29.2 Å². The molecule has 0 saturated heterocycles. The van der Waals surface area contributed by atoms with Crippen LogP contribution in [0, 0.1) is 17.5 Å². The summed E-state index contributed by atoms with van der Waals surface area (Å²) in [5, 5.41) is 5.30. The number of para-hydroxylation sites is 1. The minimum absolute atomic E-state index is 0.101. The minimum atomic E-state index is -1.68. The Morgan fingerprint density at radius 1 is 1.10 bits per heavy atom. The van der Waals surface area contributed by atoms with Crippen molar-refractivity contribution in [3.05, 3.63) is 72.2 Å². The van der Waals surface area contributed by atoms with E-state index in [0.29, 0.717) is 12.3 Å². The van der Waals surface area contributed by atoms with Crippen LogP contribution in [0.5, 0.6) is 0 Å². The number of hydrogen-bond donors (Lipinski definition) is 2. The lowest BCUT2D eigenvalue weighted by atomic mass is 10.2. The molecule has 0 bridgehead atoms. The predicted octanol–water partition coefficient (Wildman–Crippen LogP) is 4.71. The van der Waals surface area contributed by atoms with Gasteiger partial charge in [0.1, 0.15) is 5.82 Å². The van der Waals surface area contributed by atoms with E-state index < -0.39 is 29.2 Å². The molecule has 0 aliphatic rings. The van der Waals surface area contributed by atoms with Gasteiger partial charge in [-0.25, -0.2) is 27.8 Å². The fourth-order valence-electron chi connectivity index (χ4n) is 2.78. The summed E-state index contributed by atoms with van der Waals surface area (Å²) in [5.74, 6) is -4.11. The maximum atomic E-state index is 14.1. The molecule has 0 radical (unpaired) electrons. The van der Waals surface area contributed by atoms with Crippen LogP contribution in [0.3, 0.4) is 0 Å². The molecule has 2 aromatic carbocycles. The molecule has 31 heavy (non-hydrogen) atoms. The van der Waals surface area contributed by atoms with Crippen molar-refractivity contribution in [3.8, 4) is 0 Å². The van der Waals surface area contributed by atoms with Crippen LogP contribution in [0.25, 0.3) is 0 Å². The number of benzene rings is 2. The Labute approximate surface area is 176 Å². The molecule has 1 heterocycles. The second-order valence-electron chi connectivity index (χ2n) is 6.56. The van der Waals surface area contributed by atoms with Crippen molar-refractivity contribution in [2.24, 2.45) is 0 Å². The molecule has 0 fully saturated rings. The third-order valence-electron chi connectivity index (χ3n) is 4.16. The Kier molecular flexibility index (Phi) is 7.03. The van der Waals surface area contributed by atoms with Crippen LogP contribution >= 0.6 is 0 Å². The lowest BCUT2D eigenvalue weighted by molar-refractivity contribution is 0.190.